The highest BCUT2D eigenvalue weighted by atomic mass is 16.2. The van der Waals surface area contributed by atoms with E-state index in [1.807, 2.05) is 42.5 Å². The zero-order valence-corrected chi connectivity index (χ0v) is 14.8. The monoisotopic (exact) mass is 347 g/mol. The molecule has 0 saturated carbocycles. The molecular formula is C21H21N3O2. The van der Waals surface area contributed by atoms with Crippen molar-refractivity contribution in [1.82, 2.24) is 10.7 Å². The number of hydrogen-bond donors (Lipinski definition) is 2. The SMILES string of the molecule is CC(C)=NNC(=O)/C(=C\C=C\c1ccccc1)NC(=O)c1ccccc1. The Balaban J connectivity index is 2.19. The summed E-state index contributed by atoms with van der Waals surface area (Å²) in [5.74, 6) is -0.856. The van der Waals surface area contributed by atoms with E-state index in [9.17, 15) is 9.59 Å². The molecule has 5 nitrogen and oxygen atoms in total. The Morgan fingerprint density at radius 3 is 2.15 bits per heavy atom. The van der Waals surface area contributed by atoms with Crippen LogP contribution in [0.5, 0.6) is 0 Å². The highest BCUT2D eigenvalue weighted by Crippen LogP contribution is 2.04. The maximum atomic E-state index is 12.3. The molecule has 0 aliphatic heterocycles. The van der Waals surface area contributed by atoms with Crippen LogP contribution in [0, 0.1) is 0 Å². The summed E-state index contributed by atoms with van der Waals surface area (Å²) >= 11 is 0. The number of nitrogens with one attached hydrogen (secondary N) is 2. The van der Waals surface area contributed by atoms with Crippen molar-refractivity contribution < 1.29 is 9.59 Å². The lowest BCUT2D eigenvalue weighted by molar-refractivity contribution is -0.117. The van der Waals surface area contributed by atoms with E-state index in [0.717, 1.165) is 5.56 Å². The van der Waals surface area contributed by atoms with E-state index < -0.39 is 5.91 Å². The summed E-state index contributed by atoms with van der Waals surface area (Å²) in [6, 6.07) is 18.4. The van der Waals surface area contributed by atoms with Gasteiger partial charge in [-0.1, -0.05) is 60.7 Å². The number of amides is 2. The largest absolute Gasteiger partial charge is 0.317 e. The van der Waals surface area contributed by atoms with Gasteiger partial charge in [-0.3, -0.25) is 9.59 Å². The molecule has 2 N–H and O–H groups in total. The molecule has 2 aromatic rings. The van der Waals surface area contributed by atoms with Crippen molar-refractivity contribution in [2.75, 3.05) is 0 Å². The quantitative estimate of drug-likeness (QED) is 0.363. The molecule has 26 heavy (non-hydrogen) atoms. The third-order valence-corrected chi connectivity index (χ3v) is 3.26. The number of hydrazone groups is 1. The normalized spacial score (nSPS) is 11.1. The molecule has 0 spiro atoms. The van der Waals surface area contributed by atoms with Crippen molar-refractivity contribution >= 4 is 23.6 Å². The number of hydrogen-bond acceptors (Lipinski definition) is 3. The van der Waals surface area contributed by atoms with Gasteiger partial charge in [-0.15, -0.1) is 0 Å². The Labute approximate surface area is 153 Å². The summed E-state index contributed by atoms with van der Waals surface area (Å²) in [5, 5.41) is 6.53. The predicted octanol–water partition coefficient (Wildman–Crippen LogP) is 3.53. The van der Waals surface area contributed by atoms with Crippen molar-refractivity contribution in [3.05, 3.63) is 89.6 Å². The molecule has 0 heterocycles. The van der Waals surface area contributed by atoms with Crippen LogP contribution in [0.1, 0.15) is 29.8 Å². The first kappa shape index (κ1) is 18.9. The fraction of sp³-hybridized carbons (Fsp3) is 0.0952. The van der Waals surface area contributed by atoms with Crippen molar-refractivity contribution in [3.63, 3.8) is 0 Å². The average molecular weight is 347 g/mol. The van der Waals surface area contributed by atoms with Crippen LogP contribution in [0.4, 0.5) is 0 Å². The van der Waals surface area contributed by atoms with Gasteiger partial charge in [0.25, 0.3) is 11.8 Å². The van der Waals surface area contributed by atoms with Gasteiger partial charge in [0.15, 0.2) is 0 Å². The summed E-state index contributed by atoms with van der Waals surface area (Å²) in [6.07, 6.45) is 5.10. The molecular weight excluding hydrogens is 326 g/mol. The Bertz CT molecular complexity index is 834. The Kier molecular flexibility index (Phi) is 7.06. The number of allylic oxidation sites excluding steroid dienone is 2. The topological polar surface area (TPSA) is 70.6 Å². The van der Waals surface area contributed by atoms with E-state index in [1.54, 1.807) is 50.3 Å². The predicted molar refractivity (Wildman–Crippen MR) is 104 cm³/mol. The van der Waals surface area contributed by atoms with E-state index >= 15 is 0 Å². The molecule has 2 amide bonds. The zero-order valence-electron chi connectivity index (χ0n) is 14.8. The van der Waals surface area contributed by atoms with Crippen molar-refractivity contribution in [3.8, 4) is 0 Å². The van der Waals surface area contributed by atoms with Gasteiger partial charge in [-0.05, 0) is 37.6 Å². The van der Waals surface area contributed by atoms with Gasteiger partial charge in [-0.2, -0.15) is 5.10 Å². The fourth-order valence-electron chi connectivity index (χ4n) is 2.00. The molecule has 0 fully saturated rings. The minimum Gasteiger partial charge on any atom is -0.317 e. The van der Waals surface area contributed by atoms with Gasteiger partial charge in [-0.25, -0.2) is 5.43 Å². The number of benzene rings is 2. The molecule has 0 aromatic heterocycles. The maximum absolute atomic E-state index is 12.3. The molecule has 0 aliphatic carbocycles. The first-order chi connectivity index (χ1) is 12.6. The highest BCUT2D eigenvalue weighted by molar-refractivity contribution is 6.03. The summed E-state index contributed by atoms with van der Waals surface area (Å²) < 4.78 is 0. The van der Waals surface area contributed by atoms with Gasteiger partial charge in [0.1, 0.15) is 5.70 Å². The molecule has 0 atom stereocenters. The van der Waals surface area contributed by atoms with Gasteiger partial charge in [0, 0.05) is 11.3 Å². The van der Waals surface area contributed by atoms with Gasteiger partial charge in [0.2, 0.25) is 0 Å². The van der Waals surface area contributed by atoms with Crippen LogP contribution in [0.3, 0.4) is 0 Å². The number of carbonyl (C=O) groups is 2. The number of nitrogens with zero attached hydrogens (tertiary/aromatic N) is 1. The smallest absolute Gasteiger partial charge is 0.287 e. The van der Waals surface area contributed by atoms with Gasteiger partial charge < -0.3 is 5.32 Å². The van der Waals surface area contributed by atoms with Crippen LogP contribution in [0.25, 0.3) is 6.08 Å². The van der Waals surface area contributed by atoms with Gasteiger partial charge in [0.05, 0.1) is 0 Å². The minimum absolute atomic E-state index is 0.107. The average Bonchev–Trinajstić information content (AvgIpc) is 2.66. The molecule has 0 saturated heterocycles. The number of rotatable bonds is 6. The Morgan fingerprint density at radius 1 is 0.923 bits per heavy atom. The van der Waals surface area contributed by atoms with E-state index in [1.165, 1.54) is 0 Å². The maximum Gasteiger partial charge on any atom is 0.287 e. The molecule has 2 rings (SSSR count). The van der Waals surface area contributed by atoms with E-state index in [0.29, 0.717) is 11.3 Å². The van der Waals surface area contributed by atoms with E-state index in [-0.39, 0.29) is 11.6 Å². The minimum atomic E-state index is -0.492. The molecule has 0 unspecified atom stereocenters. The standard InChI is InChI=1S/C21H21N3O2/c1-16(2)23-24-21(26)19(15-9-12-17-10-5-3-6-11-17)22-20(25)18-13-7-4-8-14-18/h3-15H,1-2H3,(H,22,25)(H,24,26)/b12-9+,19-15+. The molecule has 0 bridgehead atoms. The summed E-state index contributed by atoms with van der Waals surface area (Å²) in [5.41, 5.74) is 4.68. The molecule has 5 heteroatoms. The number of carbonyl (C=O) groups excluding carboxylic acids is 2. The summed E-state index contributed by atoms with van der Waals surface area (Å²) in [6.45, 7) is 3.53. The lowest BCUT2D eigenvalue weighted by Gasteiger charge is -2.08. The second-order valence-corrected chi connectivity index (χ2v) is 5.67. The summed E-state index contributed by atoms with van der Waals surface area (Å²) in [7, 11) is 0. The third-order valence-electron chi connectivity index (χ3n) is 3.26. The second-order valence-electron chi connectivity index (χ2n) is 5.67. The fourth-order valence-corrected chi connectivity index (χ4v) is 2.00. The van der Waals surface area contributed by atoms with E-state index in [2.05, 4.69) is 15.8 Å². The highest BCUT2D eigenvalue weighted by Gasteiger charge is 2.13. The van der Waals surface area contributed by atoms with Gasteiger partial charge >= 0.3 is 0 Å². The Morgan fingerprint density at radius 2 is 1.54 bits per heavy atom. The molecule has 132 valence electrons. The van der Waals surface area contributed by atoms with Crippen LogP contribution < -0.4 is 10.7 Å². The van der Waals surface area contributed by atoms with Crippen molar-refractivity contribution in [2.24, 2.45) is 5.10 Å². The first-order valence-electron chi connectivity index (χ1n) is 8.17. The molecule has 0 radical (unpaired) electrons. The van der Waals surface area contributed by atoms with Crippen LogP contribution in [-0.4, -0.2) is 17.5 Å². The molecule has 2 aromatic carbocycles. The zero-order chi connectivity index (χ0) is 18.8. The van der Waals surface area contributed by atoms with Crippen molar-refractivity contribution in [2.45, 2.75) is 13.8 Å². The lowest BCUT2D eigenvalue weighted by atomic mass is 10.2. The van der Waals surface area contributed by atoms with Crippen LogP contribution >= 0.6 is 0 Å². The second kappa shape index (κ2) is 9.74. The van der Waals surface area contributed by atoms with Crippen molar-refractivity contribution in [1.29, 1.82) is 0 Å². The first-order valence-corrected chi connectivity index (χ1v) is 8.17. The van der Waals surface area contributed by atoms with Crippen LogP contribution in [0.15, 0.2) is 83.6 Å². The lowest BCUT2D eigenvalue weighted by Crippen LogP contribution is -2.33. The van der Waals surface area contributed by atoms with Crippen LogP contribution in [-0.2, 0) is 4.79 Å². The van der Waals surface area contributed by atoms with E-state index in [4.69, 9.17) is 0 Å². The summed E-state index contributed by atoms with van der Waals surface area (Å²) in [4.78, 5) is 24.7. The molecule has 0 aliphatic rings. The third kappa shape index (κ3) is 6.20. The van der Waals surface area contributed by atoms with Crippen LogP contribution in [0.2, 0.25) is 0 Å². The Hall–Kier alpha value is -3.47.